The van der Waals surface area contributed by atoms with Gasteiger partial charge in [0.15, 0.2) is 0 Å². The summed E-state index contributed by atoms with van der Waals surface area (Å²) in [7, 11) is 0. The molecular weight excluding hydrogens is 142 g/mol. The Morgan fingerprint density at radius 2 is 2.20 bits per heavy atom. The molecule has 0 bridgehead atoms. The minimum absolute atomic E-state index is 0.942. The van der Waals surface area contributed by atoms with E-state index in [-0.39, 0.29) is 0 Å². The Morgan fingerprint density at radius 3 is 2.70 bits per heavy atom. The van der Waals surface area contributed by atoms with Gasteiger partial charge in [-0.05, 0) is 12.2 Å². The highest BCUT2D eigenvalue weighted by Crippen LogP contribution is 2.16. The number of unbranched alkanes of at least 4 members (excludes halogenated alkanes) is 2. The summed E-state index contributed by atoms with van der Waals surface area (Å²) in [6.07, 6.45) is 4.17. The van der Waals surface area contributed by atoms with E-state index in [9.17, 15) is 0 Å². The molecule has 1 aliphatic rings. The van der Waals surface area contributed by atoms with Gasteiger partial charge in [0.2, 0.25) is 0 Å². The van der Waals surface area contributed by atoms with Crippen LogP contribution in [0.3, 0.4) is 0 Å². The predicted octanol–water partition coefficient (Wildman–Crippen LogP) is 1.88. The number of hydrogen-bond acceptors (Lipinski definition) is 2. The number of rotatable bonds is 5. The van der Waals surface area contributed by atoms with Crippen LogP contribution in [0, 0.1) is 0 Å². The fourth-order valence-electron chi connectivity index (χ4n) is 0.982. The Balaban J connectivity index is 1.76. The van der Waals surface area contributed by atoms with Crippen LogP contribution in [-0.2, 0) is 0 Å². The fraction of sp³-hybridized carbons (Fsp3) is 1.00. The Hall–Kier alpha value is 0.310. The van der Waals surface area contributed by atoms with Crippen LogP contribution in [0.25, 0.3) is 0 Å². The molecule has 1 fully saturated rings. The topological polar surface area (TPSA) is 12.0 Å². The molecule has 1 saturated heterocycles. The fourth-order valence-corrected chi connectivity index (χ4v) is 2.16. The molecule has 0 saturated carbocycles. The van der Waals surface area contributed by atoms with Crippen molar-refractivity contribution in [3.8, 4) is 0 Å². The lowest BCUT2D eigenvalue weighted by molar-refractivity contribution is 0.543. The lowest BCUT2D eigenvalue weighted by atomic mass is 10.3. The minimum Gasteiger partial charge on any atom is -0.314 e. The molecule has 0 amide bonds. The number of hydrogen-bond donors (Lipinski definition) is 1. The molecular formula is C8H17NS. The van der Waals surface area contributed by atoms with Crippen LogP contribution in [0.15, 0.2) is 0 Å². The van der Waals surface area contributed by atoms with Gasteiger partial charge in [-0.2, -0.15) is 11.8 Å². The normalized spacial score (nSPS) is 18.9. The third-order valence-electron chi connectivity index (χ3n) is 1.85. The predicted molar refractivity (Wildman–Crippen MR) is 48.6 cm³/mol. The molecule has 10 heavy (non-hydrogen) atoms. The molecule has 0 atom stereocenters. The van der Waals surface area contributed by atoms with Gasteiger partial charge in [0.1, 0.15) is 0 Å². The SMILES string of the molecule is CCCCCSC1CNC1. The van der Waals surface area contributed by atoms with Gasteiger partial charge in [0.25, 0.3) is 0 Å². The summed E-state index contributed by atoms with van der Waals surface area (Å²) in [5.74, 6) is 1.38. The van der Waals surface area contributed by atoms with E-state index in [1.54, 1.807) is 0 Å². The van der Waals surface area contributed by atoms with Crippen LogP contribution in [0.2, 0.25) is 0 Å². The molecule has 0 unspecified atom stereocenters. The van der Waals surface area contributed by atoms with Crippen molar-refractivity contribution in [2.75, 3.05) is 18.8 Å². The number of nitrogens with one attached hydrogen (secondary N) is 1. The molecule has 0 aliphatic carbocycles. The molecule has 0 aromatic heterocycles. The first-order valence-corrected chi connectivity index (χ1v) is 5.30. The molecule has 1 rings (SSSR count). The zero-order valence-corrected chi connectivity index (χ0v) is 7.54. The van der Waals surface area contributed by atoms with Crippen molar-refractivity contribution in [1.82, 2.24) is 5.32 Å². The van der Waals surface area contributed by atoms with Crippen LogP contribution >= 0.6 is 11.8 Å². The van der Waals surface area contributed by atoms with E-state index >= 15 is 0 Å². The van der Waals surface area contributed by atoms with Gasteiger partial charge in [-0.15, -0.1) is 0 Å². The van der Waals surface area contributed by atoms with Crippen molar-refractivity contribution < 1.29 is 0 Å². The molecule has 2 heteroatoms. The molecule has 0 spiro atoms. The van der Waals surface area contributed by atoms with E-state index in [2.05, 4.69) is 24.0 Å². The second-order valence-corrected chi connectivity index (χ2v) is 4.27. The van der Waals surface area contributed by atoms with Gasteiger partial charge >= 0.3 is 0 Å². The summed E-state index contributed by atoms with van der Waals surface area (Å²) in [6, 6.07) is 0. The smallest absolute Gasteiger partial charge is 0.0297 e. The maximum absolute atomic E-state index is 3.28. The van der Waals surface area contributed by atoms with E-state index in [1.807, 2.05) is 0 Å². The van der Waals surface area contributed by atoms with Gasteiger partial charge in [-0.1, -0.05) is 19.8 Å². The van der Waals surface area contributed by atoms with Crippen LogP contribution in [-0.4, -0.2) is 24.1 Å². The Bertz CT molecular complexity index is 81.3. The van der Waals surface area contributed by atoms with Gasteiger partial charge < -0.3 is 5.32 Å². The second kappa shape index (κ2) is 5.03. The summed E-state index contributed by atoms with van der Waals surface area (Å²) in [4.78, 5) is 0. The summed E-state index contributed by atoms with van der Waals surface area (Å²) in [6.45, 7) is 4.75. The maximum Gasteiger partial charge on any atom is 0.0297 e. The van der Waals surface area contributed by atoms with Crippen molar-refractivity contribution in [1.29, 1.82) is 0 Å². The van der Waals surface area contributed by atoms with Crippen molar-refractivity contribution in [3.63, 3.8) is 0 Å². The largest absolute Gasteiger partial charge is 0.314 e. The average molecular weight is 159 g/mol. The maximum atomic E-state index is 3.28. The van der Waals surface area contributed by atoms with Gasteiger partial charge in [0.05, 0.1) is 0 Å². The molecule has 60 valence electrons. The third-order valence-corrected chi connectivity index (χ3v) is 3.17. The standard InChI is InChI=1S/C8H17NS/c1-2-3-4-5-10-8-6-9-7-8/h8-9H,2-7H2,1H3. The van der Waals surface area contributed by atoms with Gasteiger partial charge in [0, 0.05) is 18.3 Å². The lowest BCUT2D eigenvalue weighted by Gasteiger charge is -2.26. The number of thioether (sulfide) groups is 1. The van der Waals surface area contributed by atoms with Crippen molar-refractivity contribution in [3.05, 3.63) is 0 Å². The van der Waals surface area contributed by atoms with Gasteiger partial charge in [-0.3, -0.25) is 0 Å². The van der Waals surface area contributed by atoms with Crippen LogP contribution in [0.4, 0.5) is 0 Å². The second-order valence-electron chi connectivity index (χ2n) is 2.86. The Morgan fingerprint density at radius 1 is 1.40 bits per heavy atom. The van der Waals surface area contributed by atoms with E-state index in [1.165, 1.54) is 38.1 Å². The van der Waals surface area contributed by atoms with Crippen LogP contribution in [0.1, 0.15) is 26.2 Å². The highest BCUT2D eigenvalue weighted by Gasteiger charge is 2.15. The summed E-state index contributed by atoms with van der Waals surface area (Å²) >= 11 is 2.14. The van der Waals surface area contributed by atoms with Crippen LogP contribution < -0.4 is 5.32 Å². The molecule has 1 aliphatic heterocycles. The molecule has 0 aromatic rings. The van der Waals surface area contributed by atoms with Crippen molar-refractivity contribution in [2.45, 2.75) is 31.4 Å². The minimum atomic E-state index is 0.942. The van der Waals surface area contributed by atoms with E-state index < -0.39 is 0 Å². The van der Waals surface area contributed by atoms with Crippen LogP contribution in [0.5, 0.6) is 0 Å². The van der Waals surface area contributed by atoms with Gasteiger partial charge in [-0.25, -0.2) is 0 Å². The first kappa shape index (κ1) is 8.41. The Kier molecular flexibility index (Phi) is 4.23. The van der Waals surface area contributed by atoms with E-state index in [0.29, 0.717) is 0 Å². The zero-order valence-electron chi connectivity index (χ0n) is 6.73. The quantitative estimate of drug-likeness (QED) is 0.615. The first-order chi connectivity index (χ1) is 4.93. The van der Waals surface area contributed by atoms with E-state index in [4.69, 9.17) is 0 Å². The molecule has 1 N–H and O–H groups in total. The molecule has 1 heterocycles. The van der Waals surface area contributed by atoms with Crippen molar-refractivity contribution >= 4 is 11.8 Å². The zero-order chi connectivity index (χ0) is 7.23. The molecule has 0 aromatic carbocycles. The first-order valence-electron chi connectivity index (χ1n) is 4.26. The monoisotopic (exact) mass is 159 g/mol. The lowest BCUT2D eigenvalue weighted by Crippen LogP contribution is -2.44. The third kappa shape index (κ3) is 2.93. The highest BCUT2D eigenvalue weighted by atomic mass is 32.2. The van der Waals surface area contributed by atoms with Crippen molar-refractivity contribution in [2.24, 2.45) is 0 Å². The van der Waals surface area contributed by atoms with E-state index in [0.717, 1.165) is 5.25 Å². The summed E-state index contributed by atoms with van der Waals surface area (Å²) < 4.78 is 0. The Labute approximate surface area is 68.0 Å². The summed E-state index contributed by atoms with van der Waals surface area (Å²) in [5.41, 5.74) is 0. The average Bonchev–Trinajstić information content (AvgIpc) is 1.84. The summed E-state index contributed by atoms with van der Waals surface area (Å²) in [5, 5.41) is 4.22. The molecule has 1 nitrogen and oxygen atoms in total. The molecule has 0 radical (unpaired) electrons. The highest BCUT2D eigenvalue weighted by molar-refractivity contribution is 8.00.